The molecule has 0 radical (unpaired) electrons. The minimum absolute atomic E-state index is 0.263. The third-order valence-corrected chi connectivity index (χ3v) is 7.77. The fourth-order valence-electron chi connectivity index (χ4n) is 3.34. The van der Waals surface area contributed by atoms with Gasteiger partial charge in [0.15, 0.2) is 6.10 Å². The second kappa shape index (κ2) is 7.46. The molecule has 0 amide bonds. The molecule has 9 heteroatoms. The van der Waals surface area contributed by atoms with Gasteiger partial charge in [-0.05, 0) is 51.3 Å². The second-order valence-corrected chi connectivity index (χ2v) is 11.2. The van der Waals surface area contributed by atoms with Gasteiger partial charge in [-0.15, -0.1) is 11.3 Å². The molecule has 0 bridgehead atoms. The van der Waals surface area contributed by atoms with Gasteiger partial charge >= 0.3 is 0 Å². The van der Waals surface area contributed by atoms with E-state index in [-0.39, 0.29) is 11.9 Å². The lowest BCUT2D eigenvalue weighted by atomic mass is 9.90. The Hall–Kier alpha value is -1.39. The van der Waals surface area contributed by atoms with Crippen LogP contribution in [0.25, 0.3) is 11.1 Å². The first-order valence-corrected chi connectivity index (χ1v) is 12.3. The fourth-order valence-corrected chi connectivity index (χ4v) is 6.36. The van der Waals surface area contributed by atoms with Crippen molar-refractivity contribution in [3.8, 4) is 22.6 Å². The van der Waals surface area contributed by atoms with Crippen molar-refractivity contribution in [3.63, 3.8) is 0 Å². The molecule has 1 aliphatic heterocycles. The highest BCUT2D eigenvalue weighted by molar-refractivity contribution is 9.11. The molecule has 2 aromatic carbocycles. The number of nitrogens with two attached hydrogens (primary N) is 1. The van der Waals surface area contributed by atoms with Crippen molar-refractivity contribution in [2.45, 2.75) is 11.9 Å². The molecular formula is C19H15Br2NO4S2. The first-order valence-electron chi connectivity index (χ1n) is 8.19. The maximum absolute atomic E-state index is 11.7. The Kier molecular flexibility index (Phi) is 5.30. The van der Waals surface area contributed by atoms with Gasteiger partial charge in [0, 0.05) is 10.0 Å². The number of benzene rings is 2. The Labute approximate surface area is 183 Å². The van der Waals surface area contributed by atoms with E-state index in [4.69, 9.17) is 14.6 Å². The van der Waals surface area contributed by atoms with Crippen LogP contribution in [-0.2, 0) is 15.8 Å². The summed E-state index contributed by atoms with van der Waals surface area (Å²) in [7, 11) is -2.06. The number of methoxy groups -OCH3 is 1. The third kappa shape index (κ3) is 3.61. The highest BCUT2D eigenvalue weighted by atomic mass is 79.9. The molecule has 0 aliphatic carbocycles. The number of hydrogen-bond donors (Lipinski definition) is 1. The van der Waals surface area contributed by atoms with E-state index >= 15 is 0 Å². The van der Waals surface area contributed by atoms with Crippen molar-refractivity contribution in [2.24, 2.45) is 5.14 Å². The van der Waals surface area contributed by atoms with Gasteiger partial charge in [0.25, 0.3) is 0 Å². The van der Waals surface area contributed by atoms with Gasteiger partial charge in [0.05, 0.1) is 27.1 Å². The van der Waals surface area contributed by atoms with Gasteiger partial charge in [-0.2, -0.15) is 0 Å². The van der Waals surface area contributed by atoms with E-state index in [0.717, 1.165) is 25.4 Å². The standard InChI is InChI=1S/C19H15Br2NO4S2/c1-25-12-3-2-4-13-16(12)11-6-5-10(9-28(22,23)24)18(21)17(11)19(26-13)14-7-8-15(20)27-14/h2-8,19H,9H2,1H3,(H2,22,23,24). The molecule has 0 saturated carbocycles. The predicted octanol–water partition coefficient (Wildman–Crippen LogP) is 5.22. The van der Waals surface area contributed by atoms with Crippen LogP contribution in [0.1, 0.15) is 22.1 Å². The molecule has 28 heavy (non-hydrogen) atoms. The summed E-state index contributed by atoms with van der Waals surface area (Å²) in [5.74, 6) is 1.14. The quantitative estimate of drug-likeness (QED) is 0.488. The zero-order valence-electron chi connectivity index (χ0n) is 14.6. The summed E-state index contributed by atoms with van der Waals surface area (Å²) >= 11 is 8.68. The number of fused-ring (bicyclic) bond motifs is 3. The topological polar surface area (TPSA) is 78.6 Å². The Morgan fingerprint density at radius 1 is 1.18 bits per heavy atom. The summed E-state index contributed by atoms with van der Waals surface area (Å²) in [4.78, 5) is 0.995. The summed E-state index contributed by atoms with van der Waals surface area (Å²) < 4.78 is 36.9. The molecule has 2 heterocycles. The largest absolute Gasteiger partial charge is 0.496 e. The van der Waals surface area contributed by atoms with E-state index < -0.39 is 10.0 Å². The van der Waals surface area contributed by atoms with Crippen LogP contribution in [0, 0.1) is 0 Å². The van der Waals surface area contributed by atoms with E-state index in [2.05, 4.69) is 31.9 Å². The molecule has 1 unspecified atom stereocenters. The maximum atomic E-state index is 11.7. The normalized spacial score (nSPS) is 15.5. The molecule has 1 aromatic heterocycles. The molecular weight excluding hydrogens is 530 g/mol. The highest BCUT2D eigenvalue weighted by Gasteiger charge is 2.33. The van der Waals surface area contributed by atoms with Gasteiger partial charge in [0.1, 0.15) is 11.5 Å². The van der Waals surface area contributed by atoms with Crippen LogP contribution < -0.4 is 14.6 Å². The Bertz CT molecular complexity index is 1170. The lowest BCUT2D eigenvalue weighted by molar-refractivity contribution is 0.245. The van der Waals surface area contributed by atoms with E-state index in [0.29, 0.717) is 21.5 Å². The number of sulfonamides is 1. The molecule has 1 aliphatic rings. The Balaban J connectivity index is 1.99. The van der Waals surface area contributed by atoms with Crippen molar-refractivity contribution in [1.29, 1.82) is 0 Å². The monoisotopic (exact) mass is 543 g/mol. The van der Waals surface area contributed by atoms with Gasteiger partial charge in [0.2, 0.25) is 10.0 Å². The lowest BCUT2D eigenvalue weighted by Gasteiger charge is -2.31. The molecule has 0 saturated heterocycles. The summed E-state index contributed by atoms with van der Waals surface area (Å²) in [6.07, 6.45) is -0.388. The van der Waals surface area contributed by atoms with Crippen molar-refractivity contribution in [3.05, 3.63) is 66.7 Å². The molecule has 1 atom stereocenters. The van der Waals surface area contributed by atoms with Crippen molar-refractivity contribution in [2.75, 3.05) is 7.11 Å². The predicted molar refractivity (Wildman–Crippen MR) is 117 cm³/mol. The average molecular weight is 545 g/mol. The highest BCUT2D eigenvalue weighted by Crippen LogP contribution is 2.52. The summed E-state index contributed by atoms with van der Waals surface area (Å²) in [6.45, 7) is 0. The van der Waals surface area contributed by atoms with Crippen LogP contribution in [0.15, 0.2) is 50.7 Å². The van der Waals surface area contributed by atoms with Crippen LogP contribution in [0.2, 0.25) is 0 Å². The van der Waals surface area contributed by atoms with E-state index in [9.17, 15) is 8.42 Å². The summed E-state index contributed by atoms with van der Waals surface area (Å²) in [5.41, 5.74) is 3.21. The molecule has 146 valence electrons. The molecule has 2 N–H and O–H groups in total. The first kappa shape index (κ1) is 19.9. The van der Waals surface area contributed by atoms with Gasteiger partial charge in [-0.3, -0.25) is 0 Å². The smallest absolute Gasteiger partial charge is 0.213 e. The molecule has 0 spiro atoms. The van der Waals surface area contributed by atoms with Crippen LogP contribution in [0.4, 0.5) is 0 Å². The van der Waals surface area contributed by atoms with E-state index in [1.54, 1.807) is 24.5 Å². The minimum atomic E-state index is -3.68. The second-order valence-electron chi connectivity index (χ2n) is 6.28. The summed E-state index contributed by atoms with van der Waals surface area (Å²) in [5, 5.41) is 5.28. The minimum Gasteiger partial charge on any atom is -0.496 e. The number of primary sulfonamides is 1. The lowest BCUT2D eigenvalue weighted by Crippen LogP contribution is -2.18. The number of halogens is 2. The molecule has 5 nitrogen and oxygen atoms in total. The Morgan fingerprint density at radius 3 is 2.61 bits per heavy atom. The van der Waals surface area contributed by atoms with E-state index in [1.165, 1.54) is 0 Å². The van der Waals surface area contributed by atoms with Crippen LogP contribution >= 0.6 is 43.2 Å². The van der Waals surface area contributed by atoms with Crippen molar-refractivity contribution >= 4 is 53.2 Å². The van der Waals surface area contributed by atoms with Gasteiger partial charge < -0.3 is 9.47 Å². The van der Waals surface area contributed by atoms with Crippen LogP contribution in [0.5, 0.6) is 11.5 Å². The molecule has 4 rings (SSSR count). The van der Waals surface area contributed by atoms with Crippen molar-refractivity contribution < 1.29 is 17.9 Å². The number of hydrogen-bond acceptors (Lipinski definition) is 5. The molecule has 0 fully saturated rings. The third-order valence-electron chi connectivity index (χ3n) is 4.45. The SMILES string of the molecule is COc1cccc2c1-c1ccc(CS(N)(=O)=O)c(Br)c1C(c1ccc(Br)s1)O2. The van der Waals surface area contributed by atoms with Gasteiger partial charge in [-0.1, -0.05) is 34.1 Å². The fraction of sp³-hybridized carbons (Fsp3) is 0.158. The average Bonchev–Trinajstić information content (AvgIpc) is 3.07. The number of ether oxygens (including phenoxy) is 2. The zero-order chi connectivity index (χ0) is 20.1. The summed E-state index contributed by atoms with van der Waals surface area (Å²) in [6, 6.07) is 13.3. The zero-order valence-corrected chi connectivity index (χ0v) is 19.4. The Morgan fingerprint density at radius 2 is 1.96 bits per heavy atom. The molecule has 3 aromatic rings. The maximum Gasteiger partial charge on any atom is 0.213 e. The number of thiophene rings is 1. The van der Waals surface area contributed by atoms with Gasteiger partial charge in [-0.25, -0.2) is 13.6 Å². The van der Waals surface area contributed by atoms with Crippen LogP contribution in [0.3, 0.4) is 0 Å². The number of rotatable bonds is 4. The van der Waals surface area contributed by atoms with E-state index in [1.807, 2.05) is 36.4 Å². The van der Waals surface area contributed by atoms with Crippen molar-refractivity contribution in [1.82, 2.24) is 0 Å². The van der Waals surface area contributed by atoms with Crippen LogP contribution in [-0.4, -0.2) is 15.5 Å². The first-order chi connectivity index (χ1) is 13.3.